The van der Waals surface area contributed by atoms with Crippen molar-refractivity contribution >= 4 is 39.2 Å². The van der Waals surface area contributed by atoms with Crippen LogP contribution in [0.15, 0.2) is 53.4 Å². The third-order valence-electron chi connectivity index (χ3n) is 4.13. The zero-order valence-electron chi connectivity index (χ0n) is 16.0. The molecule has 3 N–H and O–H groups in total. The van der Waals surface area contributed by atoms with Crippen LogP contribution in [0.2, 0.25) is 0 Å². The minimum atomic E-state index is -4.32. The fourth-order valence-electron chi connectivity index (χ4n) is 2.87. The van der Waals surface area contributed by atoms with Gasteiger partial charge in [-0.05, 0) is 44.3 Å². The molecule has 0 atom stereocenters. The minimum Gasteiger partial charge on any atom is -0.465 e. The number of nitrogens with zero attached hydrogens (tertiary/aromatic N) is 2. The fraction of sp³-hybridized carbons (Fsp3) is 0.222. The van der Waals surface area contributed by atoms with Crippen LogP contribution in [0.1, 0.15) is 19.4 Å². The summed E-state index contributed by atoms with van der Waals surface area (Å²) in [7, 11) is -4.32. The van der Waals surface area contributed by atoms with Gasteiger partial charge in [-0.2, -0.15) is 8.42 Å². The first kappa shape index (κ1) is 23.0. The number of nitro groups is 1. The maximum Gasteiger partial charge on any atom is 0.414 e. The van der Waals surface area contributed by atoms with Gasteiger partial charge >= 0.3 is 16.2 Å². The second-order valence-corrected chi connectivity index (χ2v) is 8.81. The first-order valence-electron chi connectivity index (χ1n) is 8.44. The number of hydrogen-bond acceptors (Lipinski definition) is 7. The number of hydrogen-bond donors (Lipinski definition) is 2. The van der Waals surface area contributed by atoms with E-state index < -0.39 is 42.4 Å². The molecule has 12 heteroatoms. The highest BCUT2D eigenvalue weighted by molar-refractivity contribution is 7.87. The lowest BCUT2D eigenvalue weighted by Crippen LogP contribution is -2.54. The molecule has 30 heavy (non-hydrogen) atoms. The van der Waals surface area contributed by atoms with Crippen LogP contribution in [-0.4, -0.2) is 40.1 Å². The van der Waals surface area contributed by atoms with Crippen LogP contribution in [0.3, 0.4) is 0 Å². The highest BCUT2D eigenvalue weighted by atomic mass is 32.2. The van der Waals surface area contributed by atoms with E-state index in [4.69, 9.17) is 22.1 Å². The highest BCUT2D eigenvalue weighted by Crippen LogP contribution is 2.30. The van der Waals surface area contributed by atoms with E-state index in [1.807, 2.05) is 0 Å². The molecule has 0 aliphatic rings. The Hall–Kier alpha value is -3.25. The number of benzene rings is 2. The molecule has 0 saturated heterocycles. The van der Waals surface area contributed by atoms with Crippen LogP contribution in [0.5, 0.6) is 5.75 Å². The van der Waals surface area contributed by atoms with Gasteiger partial charge in [-0.3, -0.25) is 10.1 Å². The molecule has 2 aromatic carbocycles. The van der Waals surface area contributed by atoms with Crippen molar-refractivity contribution in [2.45, 2.75) is 30.7 Å². The average molecular weight is 453 g/mol. The summed E-state index contributed by atoms with van der Waals surface area (Å²) in [6.45, 7) is 2.99. The summed E-state index contributed by atoms with van der Waals surface area (Å²) in [6.07, 6.45) is -1.56. The van der Waals surface area contributed by atoms with Crippen LogP contribution < -0.4 is 9.92 Å². The van der Waals surface area contributed by atoms with Crippen LogP contribution >= 0.6 is 12.2 Å². The topological polar surface area (TPSA) is 153 Å². The number of para-hydroxylation sites is 1. The largest absolute Gasteiger partial charge is 0.465 e. The Morgan fingerprint density at radius 2 is 1.87 bits per heavy atom. The Labute approximate surface area is 178 Å². The first-order valence-corrected chi connectivity index (χ1v) is 10.3. The molecule has 0 unspecified atom stereocenters. The Balaban J connectivity index is 2.44. The van der Waals surface area contributed by atoms with Crippen molar-refractivity contribution in [1.29, 1.82) is 0 Å². The van der Waals surface area contributed by atoms with Gasteiger partial charge in [0.25, 0.3) is 5.69 Å². The van der Waals surface area contributed by atoms with Crippen molar-refractivity contribution in [3.05, 3.63) is 64.2 Å². The zero-order valence-corrected chi connectivity index (χ0v) is 17.6. The molecule has 2 aromatic rings. The molecule has 10 nitrogen and oxygen atoms in total. The lowest BCUT2D eigenvalue weighted by atomic mass is 9.92. The molecule has 160 valence electrons. The van der Waals surface area contributed by atoms with Crippen molar-refractivity contribution in [3.63, 3.8) is 0 Å². The Bertz CT molecular complexity index is 1070. The summed E-state index contributed by atoms with van der Waals surface area (Å²) >= 11 is 4.77. The van der Waals surface area contributed by atoms with Gasteiger partial charge < -0.3 is 15.0 Å². The minimum absolute atomic E-state index is 0.0546. The van der Waals surface area contributed by atoms with Gasteiger partial charge in [0.05, 0.1) is 10.5 Å². The number of carboxylic acid groups (broad SMARTS) is 1. The molecule has 0 spiro atoms. The van der Waals surface area contributed by atoms with Crippen LogP contribution in [0, 0.1) is 10.1 Å². The Kier molecular flexibility index (Phi) is 6.63. The molecule has 0 radical (unpaired) electrons. The van der Waals surface area contributed by atoms with Gasteiger partial charge in [0.2, 0.25) is 0 Å². The summed E-state index contributed by atoms with van der Waals surface area (Å²) in [4.78, 5) is 22.6. The molecule has 2 rings (SSSR count). The van der Waals surface area contributed by atoms with E-state index in [2.05, 4.69) is 0 Å². The summed E-state index contributed by atoms with van der Waals surface area (Å²) < 4.78 is 30.0. The molecular formula is C18H19N3O7S2. The summed E-state index contributed by atoms with van der Waals surface area (Å²) in [5.74, 6) is 0.0546. The van der Waals surface area contributed by atoms with E-state index in [0.717, 1.165) is 17.0 Å². The molecule has 0 heterocycles. The lowest BCUT2D eigenvalue weighted by molar-refractivity contribution is -0.385. The molecule has 0 saturated carbocycles. The van der Waals surface area contributed by atoms with Gasteiger partial charge in [-0.25, -0.2) is 9.69 Å². The quantitative estimate of drug-likeness (QED) is 0.279. The molecule has 0 aromatic heterocycles. The Morgan fingerprint density at radius 3 is 2.37 bits per heavy atom. The first-order chi connectivity index (χ1) is 13.8. The molecule has 0 aliphatic carbocycles. The molecular weight excluding hydrogens is 434 g/mol. The van der Waals surface area contributed by atoms with Gasteiger partial charge in [0.1, 0.15) is 10.6 Å². The van der Waals surface area contributed by atoms with Crippen molar-refractivity contribution < 1.29 is 27.4 Å². The van der Waals surface area contributed by atoms with E-state index in [-0.39, 0.29) is 17.7 Å². The van der Waals surface area contributed by atoms with Gasteiger partial charge in [0.15, 0.2) is 5.11 Å². The van der Waals surface area contributed by atoms with E-state index in [1.165, 1.54) is 32.0 Å². The van der Waals surface area contributed by atoms with Crippen molar-refractivity contribution in [3.8, 4) is 5.75 Å². The molecule has 0 fully saturated rings. The average Bonchev–Trinajstić information content (AvgIpc) is 2.60. The van der Waals surface area contributed by atoms with E-state index in [9.17, 15) is 28.4 Å². The zero-order chi connectivity index (χ0) is 22.7. The molecule has 0 aliphatic heterocycles. The second-order valence-electron chi connectivity index (χ2n) is 6.84. The number of rotatable bonds is 7. The fourth-order valence-corrected chi connectivity index (χ4v) is 4.14. The number of thiocarbonyl (C=S) groups is 1. The third-order valence-corrected chi connectivity index (χ3v) is 5.56. The lowest BCUT2D eigenvalue weighted by Gasteiger charge is -2.35. The third kappa shape index (κ3) is 5.21. The number of amides is 1. The van der Waals surface area contributed by atoms with E-state index in [0.29, 0.717) is 0 Å². The SMILES string of the molecule is CC(C)(Cc1ccc(S(=O)(=O)Oc2ccccc2)cc1[N+](=O)[O-])N(C(=O)O)C(N)=S. The number of carbonyl (C=O) groups is 1. The maximum absolute atomic E-state index is 12.5. The number of nitrogens with two attached hydrogens (primary N) is 1. The van der Waals surface area contributed by atoms with Crippen molar-refractivity contribution in [2.24, 2.45) is 5.73 Å². The molecule has 1 amide bonds. The van der Waals surface area contributed by atoms with Crippen molar-refractivity contribution in [2.75, 3.05) is 0 Å². The monoisotopic (exact) mass is 453 g/mol. The predicted molar refractivity (Wildman–Crippen MR) is 112 cm³/mol. The van der Waals surface area contributed by atoms with Crippen molar-refractivity contribution in [1.82, 2.24) is 4.90 Å². The van der Waals surface area contributed by atoms with Crippen LogP contribution in [-0.2, 0) is 16.5 Å². The van der Waals surface area contributed by atoms with Crippen LogP contribution in [0.4, 0.5) is 10.5 Å². The standard InChI is InChI=1S/C18H19N3O7S2/c1-18(2,20(16(19)29)17(22)23)11-12-8-9-14(10-15(12)21(24)25)30(26,27)28-13-6-4-3-5-7-13/h3-10H,11H2,1-2H3,(H2,19,29)(H,22,23). The molecule has 0 bridgehead atoms. The normalized spacial score (nSPS) is 11.5. The van der Waals surface area contributed by atoms with Gasteiger partial charge in [-0.1, -0.05) is 24.3 Å². The van der Waals surface area contributed by atoms with E-state index >= 15 is 0 Å². The van der Waals surface area contributed by atoms with Gasteiger partial charge in [0, 0.05) is 18.1 Å². The second kappa shape index (κ2) is 8.63. The number of nitro benzene ring substituents is 1. The summed E-state index contributed by atoms with van der Waals surface area (Å²) in [5.41, 5.74) is 3.84. The summed E-state index contributed by atoms with van der Waals surface area (Å²) in [5, 5.41) is 20.5. The van der Waals surface area contributed by atoms with Crippen LogP contribution in [0.25, 0.3) is 0 Å². The Morgan fingerprint density at radius 1 is 1.27 bits per heavy atom. The predicted octanol–water partition coefficient (Wildman–Crippen LogP) is 2.91. The summed E-state index contributed by atoms with van der Waals surface area (Å²) in [6, 6.07) is 11.0. The van der Waals surface area contributed by atoms with E-state index in [1.54, 1.807) is 18.2 Å². The van der Waals surface area contributed by atoms with Gasteiger partial charge in [-0.15, -0.1) is 0 Å². The highest BCUT2D eigenvalue weighted by Gasteiger charge is 2.35. The smallest absolute Gasteiger partial charge is 0.414 e. The maximum atomic E-state index is 12.5.